The van der Waals surface area contributed by atoms with Gasteiger partial charge in [0.25, 0.3) is 0 Å². The molecule has 1 heterocycles. The van der Waals surface area contributed by atoms with Crippen molar-refractivity contribution in [1.29, 1.82) is 0 Å². The van der Waals surface area contributed by atoms with Crippen molar-refractivity contribution in [2.45, 2.75) is 25.7 Å². The fourth-order valence-electron chi connectivity index (χ4n) is 2.78. The van der Waals surface area contributed by atoms with E-state index >= 15 is 0 Å². The van der Waals surface area contributed by atoms with Gasteiger partial charge in [0.15, 0.2) is 0 Å². The molecule has 1 saturated heterocycles. The number of nitrogens with zero attached hydrogens (tertiary/aromatic N) is 2. The third kappa shape index (κ3) is 3.10. The number of nitroso groups, excluding NO2 is 1. The second-order valence-electron chi connectivity index (χ2n) is 5.10. The van der Waals surface area contributed by atoms with Crippen molar-refractivity contribution >= 4 is 5.97 Å². The molecule has 1 aromatic carbocycles. The first kappa shape index (κ1) is 13.5. The summed E-state index contributed by atoms with van der Waals surface area (Å²) in [6.07, 6.45) is 1.38. The molecule has 2 rings (SSSR count). The molecule has 5 nitrogen and oxygen atoms in total. The summed E-state index contributed by atoms with van der Waals surface area (Å²) in [5.41, 5.74) is 1.92. The first-order chi connectivity index (χ1) is 9.11. The molecule has 0 bridgehead atoms. The lowest BCUT2D eigenvalue weighted by molar-refractivity contribution is -0.140. The number of rotatable bonds is 4. The minimum Gasteiger partial charge on any atom is -0.481 e. The highest BCUT2D eigenvalue weighted by atomic mass is 16.4. The van der Waals surface area contributed by atoms with Crippen LogP contribution >= 0.6 is 0 Å². The summed E-state index contributed by atoms with van der Waals surface area (Å²) in [6.45, 7) is 3.05. The molecular weight excluding hydrogens is 244 g/mol. The second kappa shape index (κ2) is 5.82. The average Bonchev–Trinajstić information content (AvgIpc) is 2.39. The van der Waals surface area contributed by atoms with Crippen LogP contribution in [0, 0.1) is 17.7 Å². The van der Waals surface area contributed by atoms with Gasteiger partial charge in [0.05, 0.1) is 11.2 Å². The van der Waals surface area contributed by atoms with Gasteiger partial charge in [-0.2, -0.15) is 0 Å². The van der Waals surface area contributed by atoms with E-state index in [1.165, 1.54) is 5.01 Å². The zero-order valence-electron chi connectivity index (χ0n) is 11.0. The van der Waals surface area contributed by atoms with E-state index < -0.39 is 11.9 Å². The van der Waals surface area contributed by atoms with Crippen molar-refractivity contribution in [2.24, 2.45) is 11.2 Å². The van der Waals surface area contributed by atoms with Gasteiger partial charge in [-0.05, 0) is 31.2 Å². The third-order valence-corrected chi connectivity index (χ3v) is 3.77. The largest absolute Gasteiger partial charge is 0.481 e. The summed E-state index contributed by atoms with van der Waals surface area (Å²) in [4.78, 5) is 22.0. The molecule has 0 aromatic heterocycles. The van der Waals surface area contributed by atoms with Crippen LogP contribution in [0.5, 0.6) is 0 Å². The van der Waals surface area contributed by atoms with E-state index in [2.05, 4.69) is 5.29 Å². The molecule has 0 spiro atoms. The van der Waals surface area contributed by atoms with Gasteiger partial charge < -0.3 is 5.11 Å². The second-order valence-corrected chi connectivity index (χ2v) is 5.10. The highest BCUT2D eigenvalue weighted by molar-refractivity contribution is 5.76. The Bertz CT molecular complexity index is 468. The molecular formula is C14H18N2O3. The summed E-state index contributed by atoms with van der Waals surface area (Å²) in [5, 5.41) is 13.9. The van der Waals surface area contributed by atoms with Gasteiger partial charge in [-0.1, -0.05) is 29.8 Å². The molecule has 0 radical (unpaired) electrons. The maximum Gasteiger partial charge on any atom is 0.311 e. The minimum atomic E-state index is -0.789. The molecule has 0 aliphatic carbocycles. The molecule has 0 amide bonds. The molecule has 19 heavy (non-hydrogen) atoms. The highest BCUT2D eigenvalue weighted by Crippen LogP contribution is 2.33. The summed E-state index contributed by atoms with van der Waals surface area (Å²) < 4.78 is 0. The maximum atomic E-state index is 11.6. The minimum absolute atomic E-state index is 0.0669. The van der Waals surface area contributed by atoms with E-state index in [4.69, 9.17) is 0 Å². The van der Waals surface area contributed by atoms with Crippen LogP contribution in [0.2, 0.25) is 0 Å². The van der Waals surface area contributed by atoms with E-state index in [0.29, 0.717) is 25.9 Å². The van der Waals surface area contributed by atoms with E-state index in [-0.39, 0.29) is 5.92 Å². The van der Waals surface area contributed by atoms with Gasteiger partial charge in [-0.25, -0.2) is 0 Å². The predicted molar refractivity (Wildman–Crippen MR) is 71.6 cm³/mol. The summed E-state index contributed by atoms with van der Waals surface area (Å²) >= 11 is 0. The maximum absolute atomic E-state index is 11.6. The number of hydrogen-bond acceptors (Lipinski definition) is 3. The van der Waals surface area contributed by atoms with Gasteiger partial charge in [0.1, 0.15) is 0 Å². The summed E-state index contributed by atoms with van der Waals surface area (Å²) in [5.74, 6) is -1.21. The standard InChI is InChI=1S/C14H18N2O3/c1-10-3-2-4-12(9-10)13(14(17)18)11-5-7-16(15-19)8-6-11/h2-4,9,11,13H,5-8H2,1H3,(H,17,18). The Hall–Kier alpha value is -1.91. The van der Waals surface area contributed by atoms with Crippen LogP contribution in [0.3, 0.4) is 0 Å². The number of aryl methyl sites for hydroxylation is 1. The van der Waals surface area contributed by atoms with Crippen molar-refractivity contribution < 1.29 is 9.90 Å². The van der Waals surface area contributed by atoms with Crippen molar-refractivity contribution in [3.63, 3.8) is 0 Å². The number of benzene rings is 1. The van der Waals surface area contributed by atoms with Gasteiger partial charge in [0.2, 0.25) is 0 Å². The fourth-order valence-corrected chi connectivity index (χ4v) is 2.78. The van der Waals surface area contributed by atoms with Gasteiger partial charge in [-0.3, -0.25) is 9.80 Å². The Kier molecular flexibility index (Phi) is 4.14. The van der Waals surface area contributed by atoms with Gasteiger partial charge >= 0.3 is 5.97 Å². The van der Waals surface area contributed by atoms with E-state index in [9.17, 15) is 14.8 Å². The number of hydrogen-bond donors (Lipinski definition) is 1. The van der Waals surface area contributed by atoms with Crippen molar-refractivity contribution in [3.05, 3.63) is 40.3 Å². The molecule has 0 saturated carbocycles. The number of piperidine rings is 1. The molecule has 1 atom stereocenters. The van der Waals surface area contributed by atoms with Crippen LogP contribution in [0.25, 0.3) is 0 Å². The first-order valence-electron chi connectivity index (χ1n) is 6.49. The summed E-state index contributed by atoms with van der Waals surface area (Å²) in [7, 11) is 0. The Labute approximate surface area is 112 Å². The van der Waals surface area contributed by atoms with Crippen LogP contribution in [0.1, 0.15) is 29.9 Å². The van der Waals surface area contributed by atoms with Crippen LogP contribution < -0.4 is 0 Å². The van der Waals surface area contributed by atoms with Crippen LogP contribution in [0.4, 0.5) is 0 Å². The normalized spacial score (nSPS) is 18.1. The van der Waals surface area contributed by atoms with Crippen molar-refractivity contribution in [3.8, 4) is 0 Å². The number of aliphatic carboxylic acids is 1. The monoisotopic (exact) mass is 262 g/mol. The van der Waals surface area contributed by atoms with Crippen LogP contribution in [-0.2, 0) is 4.79 Å². The lowest BCUT2D eigenvalue weighted by Crippen LogP contribution is -2.34. The lowest BCUT2D eigenvalue weighted by atomic mass is 9.80. The first-order valence-corrected chi connectivity index (χ1v) is 6.49. The zero-order valence-corrected chi connectivity index (χ0v) is 11.0. The Morgan fingerprint density at radius 1 is 1.42 bits per heavy atom. The van der Waals surface area contributed by atoms with E-state index in [1.807, 2.05) is 31.2 Å². The van der Waals surface area contributed by atoms with Gasteiger partial charge in [-0.15, -0.1) is 4.91 Å². The third-order valence-electron chi connectivity index (χ3n) is 3.77. The summed E-state index contributed by atoms with van der Waals surface area (Å²) in [6, 6.07) is 7.66. The molecule has 1 N–H and O–H groups in total. The van der Waals surface area contributed by atoms with Gasteiger partial charge in [0, 0.05) is 13.1 Å². The smallest absolute Gasteiger partial charge is 0.311 e. The predicted octanol–water partition coefficient (Wildman–Crippen LogP) is 2.56. The average molecular weight is 262 g/mol. The van der Waals surface area contributed by atoms with Crippen molar-refractivity contribution in [2.75, 3.05) is 13.1 Å². The van der Waals surface area contributed by atoms with Crippen LogP contribution in [0.15, 0.2) is 29.6 Å². The zero-order chi connectivity index (χ0) is 13.8. The topological polar surface area (TPSA) is 70.0 Å². The molecule has 1 fully saturated rings. The van der Waals surface area contributed by atoms with E-state index in [0.717, 1.165) is 11.1 Å². The molecule has 102 valence electrons. The quantitative estimate of drug-likeness (QED) is 0.846. The highest BCUT2D eigenvalue weighted by Gasteiger charge is 2.32. The Balaban J connectivity index is 2.17. The molecule has 1 unspecified atom stereocenters. The van der Waals surface area contributed by atoms with E-state index in [1.54, 1.807) is 0 Å². The Morgan fingerprint density at radius 3 is 2.63 bits per heavy atom. The van der Waals surface area contributed by atoms with Crippen LogP contribution in [-0.4, -0.2) is 29.2 Å². The molecule has 1 aromatic rings. The lowest BCUT2D eigenvalue weighted by Gasteiger charge is -2.31. The molecule has 1 aliphatic rings. The molecule has 1 aliphatic heterocycles. The number of carboxylic acid groups (broad SMARTS) is 1. The SMILES string of the molecule is Cc1cccc(C(C(=O)O)C2CCN(N=O)CC2)c1. The number of carboxylic acids is 1. The van der Waals surface area contributed by atoms with Crippen molar-refractivity contribution in [1.82, 2.24) is 5.01 Å². The number of carbonyl (C=O) groups is 1. The molecule has 5 heteroatoms. The Morgan fingerprint density at radius 2 is 2.11 bits per heavy atom. The fraction of sp³-hybridized carbons (Fsp3) is 0.500.